The summed E-state index contributed by atoms with van der Waals surface area (Å²) < 4.78 is 4.06. The number of rotatable bonds is 4. The smallest absolute Gasteiger partial charge is 0.311 e. The number of ether oxygens (including phenoxy) is 1. The lowest BCUT2D eigenvalue weighted by Crippen LogP contribution is -2.59. The third-order valence-corrected chi connectivity index (χ3v) is 10.6. The van der Waals surface area contributed by atoms with E-state index in [1.54, 1.807) is 16.7 Å². The zero-order valence-electron chi connectivity index (χ0n) is 21.0. The third-order valence-electron chi connectivity index (χ3n) is 8.82. The predicted octanol–water partition coefficient (Wildman–Crippen LogP) is 2.93. The number of nitrogens with zero attached hydrogens (tertiary/aromatic N) is 2. The van der Waals surface area contributed by atoms with E-state index in [2.05, 4.69) is 12.2 Å². The molecule has 0 radical (unpaired) electrons. The largest absolute Gasteiger partial charge is 0.465 e. The molecule has 2 amide bonds. The van der Waals surface area contributed by atoms with E-state index in [9.17, 15) is 19.5 Å². The number of hydrogen-bond acceptors (Lipinski definition) is 6. The topological polar surface area (TPSA) is 87.2 Å². The van der Waals surface area contributed by atoms with Crippen LogP contribution in [0.1, 0.15) is 59.3 Å². The van der Waals surface area contributed by atoms with Gasteiger partial charge in [-0.15, -0.1) is 11.8 Å². The van der Waals surface area contributed by atoms with Gasteiger partial charge in [0.2, 0.25) is 11.8 Å². The molecule has 6 atom stereocenters. The summed E-state index contributed by atoms with van der Waals surface area (Å²) in [5.74, 6) is -2.05. The van der Waals surface area contributed by atoms with Crippen molar-refractivity contribution in [1.82, 2.24) is 9.80 Å². The van der Waals surface area contributed by atoms with E-state index in [-0.39, 0.29) is 36.4 Å². The van der Waals surface area contributed by atoms with Gasteiger partial charge in [-0.25, -0.2) is 0 Å². The van der Waals surface area contributed by atoms with Crippen molar-refractivity contribution in [3.63, 3.8) is 0 Å². The Kier molecular flexibility index (Phi) is 6.58. The zero-order valence-corrected chi connectivity index (χ0v) is 21.8. The molecule has 192 valence electrons. The maximum absolute atomic E-state index is 14.5. The molecule has 1 spiro atoms. The predicted molar refractivity (Wildman–Crippen MR) is 134 cm³/mol. The molecular formula is C27H38N2O5S. The maximum Gasteiger partial charge on any atom is 0.311 e. The second kappa shape index (κ2) is 9.25. The molecule has 0 aromatic rings. The lowest BCUT2D eigenvalue weighted by atomic mass is 9.74. The van der Waals surface area contributed by atoms with Gasteiger partial charge >= 0.3 is 5.97 Å². The van der Waals surface area contributed by atoms with Crippen molar-refractivity contribution in [2.45, 2.75) is 86.9 Å². The first-order valence-corrected chi connectivity index (χ1v) is 14.0. The molecule has 1 saturated carbocycles. The molecule has 5 rings (SSSR count). The van der Waals surface area contributed by atoms with E-state index in [0.717, 1.165) is 25.7 Å². The van der Waals surface area contributed by atoms with Crippen LogP contribution in [0.2, 0.25) is 0 Å². The fourth-order valence-electron chi connectivity index (χ4n) is 7.14. The summed E-state index contributed by atoms with van der Waals surface area (Å²) in [6.07, 6.45) is 14.2. The van der Waals surface area contributed by atoms with E-state index in [1.165, 1.54) is 6.42 Å². The Hall–Kier alpha value is -1.80. The van der Waals surface area contributed by atoms with Gasteiger partial charge in [-0.1, -0.05) is 57.4 Å². The van der Waals surface area contributed by atoms with Crippen LogP contribution in [0.15, 0.2) is 24.3 Å². The monoisotopic (exact) mass is 502 g/mol. The molecule has 0 aromatic heterocycles. The molecule has 8 heteroatoms. The molecule has 2 saturated heterocycles. The molecule has 35 heavy (non-hydrogen) atoms. The van der Waals surface area contributed by atoms with Gasteiger partial charge in [0.1, 0.15) is 6.04 Å². The van der Waals surface area contributed by atoms with Crippen LogP contribution in [0.3, 0.4) is 0 Å². The van der Waals surface area contributed by atoms with E-state index >= 15 is 0 Å². The highest BCUT2D eigenvalue weighted by atomic mass is 32.2. The molecule has 0 bridgehead atoms. The Balaban J connectivity index is 1.65. The van der Waals surface area contributed by atoms with Crippen LogP contribution >= 0.6 is 11.8 Å². The summed E-state index contributed by atoms with van der Waals surface area (Å²) in [7, 11) is 0. The SMILES string of the molecule is CC(C)[C@H](CO)N1C(=O)[C@@H]2[C@H]3C(=O)OCCC=C[C@@]3(C)S[C@@]23C=CCN(C2CCCCC2)C(=O)C13. The molecule has 1 N–H and O–H groups in total. The number of esters is 1. The summed E-state index contributed by atoms with van der Waals surface area (Å²) in [5, 5.41) is 10.4. The van der Waals surface area contributed by atoms with E-state index in [0.29, 0.717) is 19.6 Å². The fourth-order valence-corrected chi connectivity index (χ4v) is 9.28. The number of amides is 2. The molecule has 4 heterocycles. The van der Waals surface area contributed by atoms with Crippen molar-refractivity contribution in [2.75, 3.05) is 19.8 Å². The van der Waals surface area contributed by atoms with Crippen molar-refractivity contribution in [2.24, 2.45) is 17.8 Å². The molecule has 4 aliphatic heterocycles. The van der Waals surface area contributed by atoms with Crippen LogP contribution in [0.4, 0.5) is 0 Å². The van der Waals surface area contributed by atoms with Crippen LogP contribution in [-0.2, 0) is 19.1 Å². The first-order valence-electron chi connectivity index (χ1n) is 13.2. The Bertz CT molecular complexity index is 944. The average Bonchev–Trinajstić information content (AvgIpc) is 3.14. The number of cyclic esters (lactones) is 1. The van der Waals surface area contributed by atoms with Crippen LogP contribution < -0.4 is 0 Å². The van der Waals surface area contributed by atoms with Gasteiger partial charge in [-0.3, -0.25) is 14.4 Å². The molecule has 3 fully saturated rings. The van der Waals surface area contributed by atoms with Crippen molar-refractivity contribution in [1.29, 1.82) is 0 Å². The maximum atomic E-state index is 14.5. The standard InChI is InChI=1S/C27H38N2O5S/c1-17(2)19(16-30)29-22-24(32)28(18-10-5-4-6-11-18)14-9-13-27(22)20(23(29)31)21-25(33)34-15-8-7-12-26(21,3)35-27/h7,9,12-13,17-22,30H,4-6,8,10-11,14-16H2,1-3H3/t19-,20-,21-,22?,26+,27-/m0/s1. The van der Waals surface area contributed by atoms with Gasteiger partial charge < -0.3 is 19.6 Å². The quantitative estimate of drug-likeness (QED) is 0.470. The minimum atomic E-state index is -0.882. The van der Waals surface area contributed by atoms with Gasteiger partial charge in [0.15, 0.2) is 0 Å². The van der Waals surface area contributed by atoms with Crippen LogP contribution in [0, 0.1) is 17.8 Å². The highest BCUT2D eigenvalue weighted by molar-refractivity contribution is 8.02. The number of aliphatic hydroxyl groups is 1. The van der Waals surface area contributed by atoms with E-state index < -0.39 is 33.4 Å². The molecule has 5 aliphatic rings. The summed E-state index contributed by atoms with van der Waals surface area (Å²) in [6, 6.07) is -1.08. The van der Waals surface area contributed by atoms with Crippen LogP contribution in [0.5, 0.6) is 0 Å². The minimum Gasteiger partial charge on any atom is -0.465 e. The van der Waals surface area contributed by atoms with Crippen LogP contribution in [0.25, 0.3) is 0 Å². The number of hydrogen-bond donors (Lipinski definition) is 1. The summed E-state index contributed by atoms with van der Waals surface area (Å²) in [6.45, 7) is 6.53. The molecule has 7 nitrogen and oxygen atoms in total. The van der Waals surface area contributed by atoms with Crippen molar-refractivity contribution >= 4 is 29.5 Å². The molecule has 1 aliphatic carbocycles. The van der Waals surface area contributed by atoms with Crippen LogP contribution in [-0.4, -0.2) is 80.1 Å². The Labute approximate surface area is 212 Å². The van der Waals surface area contributed by atoms with E-state index in [1.807, 2.05) is 37.8 Å². The van der Waals surface area contributed by atoms with E-state index in [4.69, 9.17) is 4.74 Å². The third kappa shape index (κ3) is 3.78. The van der Waals surface area contributed by atoms with Gasteiger partial charge in [0.05, 0.1) is 35.8 Å². The van der Waals surface area contributed by atoms with Gasteiger partial charge in [0.25, 0.3) is 0 Å². The Morgan fingerprint density at radius 1 is 1.09 bits per heavy atom. The summed E-state index contributed by atoms with van der Waals surface area (Å²) >= 11 is 1.57. The summed E-state index contributed by atoms with van der Waals surface area (Å²) in [5.41, 5.74) is 0. The van der Waals surface area contributed by atoms with Crippen molar-refractivity contribution in [3.05, 3.63) is 24.3 Å². The molecule has 0 aromatic carbocycles. The highest BCUT2D eigenvalue weighted by Gasteiger charge is 2.74. The number of carbonyl (C=O) groups excluding carboxylic acids is 3. The lowest BCUT2D eigenvalue weighted by molar-refractivity contribution is -0.155. The van der Waals surface area contributed by atoms with Gasteiger partial charge in [0, 0.05) is 17.3 Å². The normalized spacial score (nSPS) is 38.5. The minimum absolute atomic E-state index is 0.0384. The first-order chi connectivity index (χ1) is 16.7. The second-order valence-electron chi connectivity index (χ2n) is 11.3. The molecule has 1 unspecified atom stereocenters. The Morgan fingerprint density at radius 2 is 1.83 bits per heavy atom. The average molecular weight is 503 g/mol. The van der Waals surface area contributed by atoms with Crippen molar-refractivity contribution < 1.29 is 24.2 Å². The van der Waals surface area contributed by atoms with Gasteiger partial charge in [-0.05, 0) is 32.1 Å². The van der Waals surface area contributed by atoms with Crippen molar-refractivity contribution in [3.8, 4) is 0 Å². The summed E-state index contributed by atoms with van der Waals surface area (Å²) in [4.78, 5) is 45.7. The first kappa shape index (κ1) is 24.9. The second-order valence-corrected chi connectivity index (χ2v) is 13.1. The Morgan fingerprint density at radius 3 is 2.51 bits per heavy atom. The van der Waals surface area contributed by atoms with Gasteiger partial charge in [-0.2, -0.15) is 0 Å². The number of aliphatic hydroxyl groups excluding tert-OH is 1. The zero-order chi connectivity index (χ0) is 25.0. The fraction of sp³-hybridized carbons (Fsp3) is 0.741. The number of carbonyl (C=O) groups is 3. The number of fused-ring (bicyclic) bond motifs is 2. The lowest BCUT2D eigenvalue weighted by Gasteiger charge is -2.42. The number of thioether (sulfide) groups is 1. The number of likely N-dealkylation sites (tertiary alicyclic amines) is 1. The highest BCUT2D eigenvalue weighted by Crippen LogP contribution is 2.65. The molecular weight excluding hydrogens is 464 g/mol.